The van der Waals surface area contributed by atoms with Crippen LogP contribution in [0.4, 0.5) is 0 Å². The summed E-state index contributed by atoms with van der Waals surface area (Å²) in [5.41, 5.74) is -0.927. The highest BCUT2D eigenvalue weighted by Crippen LogP contribution is 2.49. The molecule has 2 bridgehead atoms. The van der Waals surface area contributed by atoms with Crippen molar-refractivity contribution >= 4 is 17.8 Å². The van der Waals surface area contributed by atoms with Crippen molar-refractivity contribution in [3.05, 3.63) is 12.2 Å². The monoisotopic (exact) mass is 292 g/mol. The van der Waals surface area contributed by atoms with E-state index in [9.17, 15) is 19.5 Å². The predicted molar refractivity (Wildman–Crippen MR) is 74.2 cm³/mol. The van der Waals surface area contributed by atoms with Gasteiger partial charge >= 0.3 is 5.97 Å². The zero-order valence-electron chi connectivity index (χ0n) is 12.2. The first-order valence-corrected chi connectivity index (χ1v) is 7.35. The van der Waals surface area contributed by atoms with E-state index in [4.69, 9.17) is 0 Å². The number of hydrogen-bond acceptors (Lipinski definition) is 3. The lowest BCUT2D eigenvalue weighted by Gasteiger charge is -2.43. The zero-order chi connectivity index (χ0) is 15.4. The molecule has 0 radical (unpaired) electrons. The van der Waals surface area contributed by atoms with Crippen LogP contribution in [0.3, 0.4) is 0 Å². The second-order valence-corrected chi connectivity index (χ2v) is 6.64. The summed E-state index contributed by atoms with van der Waals surface area (Å²) in [6.07, 6.45) is 4.61. The van der Waals surface area contributed by atoms with E-state index in [2.05, 4.69) is 5.32 Å². The highest BCUT2D eigenvalue weighted by atomic mass is 16.4. The summed E-state index contributed by atoms with van der Waals surface area (Å²) in [4.78, 5) is 38.0. The van der Waals surface area contributed by atoms with Crippen LogP contribution in [0.15, 0.2) is 12.2 Å². The van der Waals surface area contributed by atoms with Crippen molar-refractivity contribution in [3.63, 3.8) is 0 Å². The number of fused-ring (bicyclic) bond motifs is 2. The Balaban J connectivity index is 1.89. The summed E-state index contributed by atoms with van der Waals surface area (Å²) < 4.78 is 0. The zero-order valence-corrected chi connectivity index (χ0v) is 12.2. The van der Waals surface area contributed by atoms with Gasteiger partial charge in [0.25, 0.3) is 0 Å². The van der Waals surface area contributed by atoms with Gasteiger partial charge in [0, 0.05) is 13.1 Å². The summed E-state index contributed by atoms with van der Waals surface area (Å²) >= 11 is 0. The van der Waals surface area contributed by atoms with E-state index < -0.39 is 23.3 Å². The van der Waals surface area contributed by atoms with Crippen LogP contribution >= 0.6 is 0 Å². The fraction of sp³-hybridized carbons (Fsp3) is 0.667. The predicted octanol–water partition coefficient (Wildman–Crippen LogP) is 0.246. The lowest BCUT2D eigenvalue weighted by atomic mass is 9.81. The van der Waals surface area contributed by atoms with Crippen molar-refractivity contribution < 1.29 is 19.5 Å². The molecule has 2 N–H and O–H groups in total. The van der Waals surface area contributed by atoms with Crippen molar-refractivity contribution in [1.29, 1.82) is 0 Å². The molecule has 6 nitrogen and oxygen atoms in total. The third kappa shape index (κ3) is 1.96. The summed E-state index contributed by atoms with van der Waals surface area (Å²) in [7, 11) is 0. The number of carboxylic acids is 1. The van der Waals surface area contributed by atoms with E-state index in [1.54, 1.807) is 18.7 Å². The summed E-state index contributed by atoms with van der Waals surface area (Å²) in [5, 5.41) is 12.2. The highest BCUT2D eigenvalue weighted by Gasteiger charge is 2.54. The quantitative estimate of drug-likeness (QED) is 0.714. The number of amides is 2. The van der Waals surface area contributed by atoms with E-state index in [-0.39, 0.29) is 23.7 Å². The summed E-state index contributed by atoms with van der Waals surface area (Å²) in [6.45, 7) is 4.26. The molecule has 3 aliphatic rings. The Labute approximate surface area is 123 Å². The lowest BCUT2D eigenvalue weighted by Crippen LogP contribution is -2.65. The van der Waals surface area contributed by atoms with Crippen LogP contribution in [0.25, 0.3) is 0 Å². The van der Waals surface area contributed by atoms with Gasteiger partial charge in [0.1, 0.15) is 5.54 Å². The SMILES string of the molecule is CC1(C)C(=O)NCCN1C(=O)C1C2C=CC(C2)C1C(=O)O. The van der Waals surface area contributed by atoms with E-state index >= 15 is 0 Å². The molecule has 0 aromatic rings. The van der Waals surface area contributed by atoms with E-state index in [0.717, 1.165) is 6.42 Å². The normalized spacial score (nSPS) is 36.7. The molecule has 2 fully saturated rings. The van der Waals surface area contributed by atoms with Gasteiger partial charge in [-0.3, -0.25) is 14.4 Å². The van der Waals surface area contributed by atoms with E-state index in [0.29, 0.717) is 13.1 Å². The molecule has 1 heterocycles. The maximum Gasteiger partial charge on any atom is 0.307 e. The van der Waals surface area contributed by atoms with Crippen molar-refractivity contribution in [2.45, 2.75) is 25.8 Å². The molecule has 0 spiro atoms. The second-order valence-electron chi connectivity index (χ2n) is 6.64. The fourth-order valence-corrected chi connectivity index (χ4v) is 3.96. The first kappa shape index (κ1) is 14.1. The smallest absolute Gasteiger partial charge is 0.307 e. The van der Waals surface area contributed by atoms with Gasteiger partial charge in [-0.25, -0.2) is 0 Å². The molecular weight excluding hydrogens is 272 g/mol. The molecule has 0 aromatic carbocycles. The number of allylic oxidation sites excluding steroid dienone is 2. The molecule has 114 valence electrons. The molecule has 1 saturated heterocycles. The van der Waals surface area contributed by atoms with Gasteiger partial charge in [-0.2, -0.15) is 0 Å². The van der Waals surface area contributed by atoms with Crippen molar-refractivity contribution in [2.75, 3.05) is 13.1 Å². The summed E-state index contributed by atoms with van der Waals surface area (Å²) in [5.74, 6) is -2.56. The average molecular weight is 292 g/mol. The lowest BCUT2D eigenvalue weighted by molar-refractivity contribution is -0.158. The van der Waals surface area contributed by atoms with Gasteiger partial charge in [0.15, 0.2) is 0 Å². The Morgan fingerprint density at radius 1 is 1.29 bits per heavy atom. The van der Waals surface area contributed by atoms with E-state index in [1.165, 1.54) is 0 Å². The molecule has 0 aromatic heterocycles. The van der Waals surface area contributed by atoms with Gasteiger partial charge in [0.05, 0.1) is 11.8 Å². The van der Waals surface area contributed by atoms with Crippen LogP contribution in [0, 0.1) is 23.7 Å². The molecule has 4 atom stereocenters. The van der Waals surface area contributed by atoms with Crippen molar-refractivity contribution in [1.82, 2.24) is 10.2 Å². The number of aliphatic carboxylic acids is 1. The number of carbonyl (C=O) groups is 3. The van der Waals surface area contributed by atoms with Crippen LogP contribution in [-0.4, -0.2) is 46.4 Å². The van der Waals surface area contributed by atoms with Gasteiger partial charge in [-0.05, 0) is 32.1 Å². The number of hydrogen-bond donors (Lipinski definition) is 2. The topological polar surface area (TPSA) is 86.7 Å². The number of nitrogens with zero attached hydrogens (tertiary/aromatic N) is 1. The molecule has 1 aliphatic heterocycles. The molecule has 2 aliphatic carbocycles. The summed E-state index contributed by atoms with van der Waals surface area (Å²) in [6, 6.07) is 0. The standard InChI is InChI=1S/C15H20N2O4/c1-15(2)14(21)16-5-6-17(15)12(18)10-8-3-4-9(7-8)11(10)13(19)20/h3-4,8-11H,5-7H2,1-2H3,(H,16,21)(H,19,20). The third-order valence-electron chi connectivity index (χ3n) is 5.15. The maximum atomic E-state index is 12.9. The molecule has 3 rings (SSSR count). The number of carbonyl (C=O) groups excluding carboxylic acids is 2. The van der Waals surface area contributed by atoms with Crippen molar-refractivity contribution in [3.8, 4) is 0 Å². The fourth-order valence-electron chi connectivity index (χ4n) is 3.96. The van der Waals surface area contributed by atoms with Crippen LogP contribution in [-0.2, 0) is 14.4 Å². The number of piperazine rings is 1. The molecule has 1 saturated carbocycles. The van der Waals surface area contributed by atoms with Gasteiger partial charge in [-0.15, -0.1) is 0 Å². The molecule has 21 heavy (non-hydrogen) atoms. The minimum absolute atomic E-state index is 0.00983. The van der Waals surface area contributed by atoms with Crippen LogP contribution in [0.1, 0.15) is 20.3 Å². The Kier molecular flexibility index (Phi) is 3.07. The molecule has 4 unspecified atom stereocenters. The van der Waals surface area contributed by atoms with Crippen LogP contribution < -0.4 is 5.32 Å². The molecular formula is C15H20N2O4. The third-order valence-corrected chi connectivity index (χ3v) is 5.15. The number of rotatable bonds is 2. The Morgan fingerprint density at radius 2 is 1.90 bits per heavy atom. The molecule has 6 heteroatoms. The van der Waals surface area contributed by atoms with Gasteiger partial charge in [0.2, 0.25) is 11.8 Å². The Morgan fingerprint density at radius 3 is 2.52 bits per heavy atom. The van der Waals surface area contributed by atoms with Gasteiger partial charge < -0.3 is 15.3 Å². The van der Waals surface area contributed by atoms with Crippen molar-refractivity contribution in [2.24, 2.45) is 23.7 Å². The maximum absolute atomic E-state index is 12.9. The highest BCUT2D eigenvalue weighted by molar-refractivity contribution is 5.94. The minimum atomic E-state index is -0.927. The van der Waals surface area contributed by atoms with Crippen LogP contribution in [0.5, 0.6) is 0 Å². The number of carboxylic acid groups (broad SMARTS) is 1. The van der Waals surface area contributed by atoms with Gasteiger partial charge in [-0.1, -0.05) is 12.2 Å². The number of nitrogens with one attached hydrogen (secondary N) is 1. The largest absolute Gasteiger partial charge is 0.481 e. The van der Waals surface area contributed by atoms with E-state index in [1.807, 2.05) is 12.2 Å². The minimum Gasteiger partial charge on any atom is -0.481 e. The first-order valence-electron chi connectivity index (χ1n) is 7.35. The second kappa shape index (κ2) is 4.58. The van der Waals surface area contributed by atoms with Crippen LogP contribution in [0.2, 0.25) is 0 Å². The Hall–Kier alpha value is -1.85. The Bertz CT molecular complexity index is 540. The molecule has 2 amide bonds. The average Bonchev–Trinajstić information content (AvgIpc) is 3.01. The first-order chi connectivity index (χ1) is 9.84.